The van der Waals surface area contributed by atoms with Gasteiger partial charge in [-0.2, -0.15) is 0 Å². The molecule has 3 rings (SSSR count). The molecule has 0 saturated carbocycles. The second-order valence-electron chi connectivity index (χ2n) is 6.14. The van der Waals surface area contributed by atoms with Gasteiger partial charge in [0.15, 0.2) is 6.61 Å². The number of carbonyl (C=O) groups excluding carboxylic acids is 2. The summed E-state index contributed by atoms with van der Waals surface area (Å²) in [7, 11) is 0. The molecule has 0 aliphatic carbocycles. The predicted molar refractivity (Wildman–Crippen MR) is 111 cm³/mol. The summed E-state index contributed by atoms with van der Waals surface area (Å²) in [6, 6.07) is 21.7. The van der Waals surface area contributed by atoms with Crippen LogP contribution in [-0.2, 0) is 9.53 Å². The Morgan fingerprint density at radius 1 is 0.929 bits per heavy atom. The molecule has 3 aromatic carbocycles. The van der Waals surface area contributed by atoms with Crippen molar-refractivity contribution in [2.24, 2.45) is 0 Å². The molecule has 0 saturated heterocycles. The third-order valence-electron chi connectivity index (χ3n) is 3.93. The molecule has 2 N–H and O–H groups in total. The molecule has 142 valence electrons. The number of para-hydroxylation sites is 2. The first-order valence-electron chi connectivity index (χ1n) is 8.67. The minimum Gasteiger partial charge on any atom is -0.452 e. The molecule has 0 aliphatic rings. The van der Waals surface area contributed by atoms with Crippen LogP contribution in [0.5, 0.6) is 0 Å². The van der Waals surface area contributed by atoms with Gasteiger partial charge in [0.25, 0.3) is 5.91 Å². The van der Waals surface area contributed by atoms with Crippen molar-refractivity contribution >= 4 is 40.5 Å². The molecule has 3 aromatic rings. The molecule has 0 atom stereocenters. The Morgan fingerprint density at radius 3 is 2.39 bits per heavy atom. The average molecular weight is 395 g/mol. The largest absolute Gasteiger partial charge is 0.452 e. The van der Waals surface area contributed by atoms with Crippen molar-refractivity contribution in [1.29, 1.82) is 0 Å². The topological polar surface area (TPSA) is 67.4 Å². The zero-order valence-corrected chi connectivity index (χ0v) is 16.0. The van der Waals surface area contributed by atoms with E-state index in [2.05, 4.69) is 10.6 Å². The second-order valence-corrected chi connectivity index (χ2v) is 6.55. The molecule has 0 fully saturated rings. The lowest BCUT2D eigenvalue weighted by atomic mass is 10.1. The van der Waals surface area contributed by atoms with E-state index in [9.17, 15) is 9.59 Å². The van der Waals surface area contributed by atoms with Gasteiger partial charge in [0.1, 0.15) is 0 Å². The van der Waals surface area contributed by atoms with Crippen molar-refractivity contribution < 1.29 is 14.3 Å². The first kappa shape index (κ1) is 19.5. The fourth-order valence-corrected chi connectivity index (χ4v) is 2.85. The van der Waals surface area contributed by atoms with E-state index in [1.165, 1.54) is 0 Å². The summed E-state index contributed by atoms with van der Waals surface area (Å²) < 4.78 is 5.17. The van der Waals surface area contributed by atoms with E-state index < -0.39 is 18.5 Å². The maximum Gasteiger partial charge on any atom is 0.340 e. The maximum absolute atomic E-state index is 12.5. The first-order valence-corrected chi connectivity index (χ1v) is 9.05. The van der Waals surface area contributed by atoms with Crippen LogP contribution in [0, 0.1) is 6.92 Å². The standard InChI is InChI=1S/C22H19ClN2O3/c1-15-11-12-20(18(23)13-15)25-21(26)14-28-22(27)17-9-5-6-10-19(17)24-16-7-3-2-4-8-16/h2-13,24H,14H2,1H3,(H,25,26). The molecule has 1 amide bonds. The van der Waals surface area contributed by atoms with Crippen molar-refractivity contribution in [3.8, 4) is 0 Å². The summed E-state index contributed by atoms with van der Waals surface area (Å²) in [6.45, 7) is 1.49. The highest BCUT2D eigenvalue weighted by Crippen LogP contribution is 2.23. The highest BCUT2D eigenvalue weighted by molar-refractivity contribution is 6.33. The number of anilines is 3. The SMILES string of the molecule is Cc1ccc(NC(=O)COC(=O)c2ccccc2Nc2ccccc2)c(Cl)c1. The zero-order chi connectivity index (χ0) is 19.9. The Labute approximate surface area is 168 Å². The van der Waals surface area contributed by atoms with Crippen LogP contribution in [0.2, 0.25) is 5.02 Å². The number of amides is 1. The summed E-state index contributed by atoms with van der Waals surface area (Å²) in [5.74, 6) is -1.06. The van der Waals surface area contributed by atoms with Crippen molar-refractivity contribution in [1.82, 2.24) is 0 Å². The highest BCUT2D eigenvalue weighted by atomic mass is 35.5. The minimum atomic E-state index is -0.593. The quantitative estimate of drug-likeness (QED) is 0.565. The van der Waals surface area contributed by atoms with Crippen LogP contribution in [0.1, 0.15) is 15.9 Å². The molecular formula is C22H19ClN2O3. The average Bonchev–Trinajstić information content (AvgIpc) is 2.69. The van der Waals surface area contributed by atoms with Crippen LogP contribution >= 0.6 is 11.6 Å². The van der Waals surface area contributed by atoms with Gasteiger partial charge in [-0.1, -0.05) is 48.0 Å². The van der Waals surface area contributed by atoms with E-state index in [0.717, 1.165) is 11.3 Å². The van der Waals surface area contributed by atoms with Crippen molar-refractivity contribution in [2.75, 3.05) is 17.2 Å². The van der Waals surface area contributed by atoms with Crippen molar-refractivity contribution in [3.63, 3.8) is 0 Å². The number of nitrogens with one attached hydrogen (secondary N) is 2. The number of hydrogen-bond donors (Lipinski definition) is 2. The Balaban J connectivity index is 1.62. The summed E-state index contributed by atoms with van der Waals surface area (Å²) >= 11 is 6.10. The van der Waals surface area contributed by atoms with Gasteiger partial charge < -0.3 is 15.4 Å². The van der Waals surface area contributed by atoms with Crippen LogP contribution in [0.4, 0.5) is 17.1 Å². The molecule has 0 bridgehead atoms. The van der Waals surface area contributed by atoms with Crippen molar-refractivity contribution in [3.05, 3.63) is 88.9 Å². The zero-order valence-electron chi connectivity index (χ0n) is 15.2. The van der Waals surface area contributed by atoms with Crippen LogP contribution in [-0.4, -0.2) is 18.5 Å². The van der Waals surface area contributed by atoms with E-state index in [1.807, 2.05) is 49.4 Å². The summed E-state index contributed by atoms with van der Waals surface area (Å²) in [5, 5.41) is 6.24. The first-order chi connectivity index (χ1) is 13.5. The number of esters is 1. The fourth-order valence-electron chi connectivity index (χ4n) is 2.56. The van der Waals surface area contributed by atoms with Gasteiger partial charge >= 0.3 is 5.97 Å². The molecule has 6 heteroatoms. The lowest BCUT2D eigenvalue weighted by molar-refractivity contribution is -0.119. The maximum atomic E-state index is 12.5. The molecule has 0 spiro atoms. The lowest BCUT2D eigenvalue weighted by Gasteiger charge is -2.12. The number of carbonyl (C=O) groups is 2. The molecule has 5 nitrogen and oxygen atoms in total. The molecule has 28 heavy (non-hydrogen) atoms. The Morgan fingerprint density at radius 2 is 1.64 bits per heavy atom. The number of halogens is 1. The van der Waals surface area contributed by atoms with Gasteiger partial charge in [0.05, 0.1) is 22.0 Å². The van der Waals surface area contributed by atoms with E-state index >= 15 is 0 Å². The molecule has 0 aliphatic heterocycles. The second kappa shape index (κ2) is 9.06. The smallest absolute Gasteiger partial charge is 0.340 e. The Kier molecular flexibility index (Phi) is 6.29. The van der Waals surface area contributed by atoms with Gasteiger partial charge in [-0.15, -0.1) is 0 Å². The van der Waals surface area contributed by atoms with Gasteiger partial charge in [-0.3, -0.25) is 4.79 Å². The van der Waals surface area contributed by atoms with Crippen LogP contribution in [0.3, 0.4) is 0 Å². The summed E-state index contributed by atoms with van der Waals surface area (Å²) in [6.07, 6.45) is 0. The number of rotatable bonds is 6. The predicted octanol–water partition coefficient (Wildman–Crippen LogP) is 5.19. The lowest BCUT2D eigenvalue weighted by Crippen LogP contribution is -2.21. The molecule has 0 radical (unpaired) electrons. The molecule has 0 aromatic heterocycles. The van der Waals surface area contributed by atoms with Gasteiger partial charge in [0, 0.05) is 5.69 Å². The van der Waals surface area contributed by atoms with Gasteiger partial charge in [-0.25, -0.2) is 4.79 Å². The van der Waals surface area contributed by atoms with Crippen LogP contribution in [0.15, 0.2) is 72.8 Å². The number of aryl methyl sites for hydroxylation is 1. The Bertz CT molecular complexity index is 990. The monoisotopic (exact) mass is 394 g/mol. The molecular weight excluding hydrogens is 376 g/mol. The van der Waals surface area contributed by atoms with Gasteiger partial charge in [0.2, 0.25) is 0 Å². The molecule has 0 unspecified atom stereocenters. The van der Waals surface area contributed by atoms with Crippen molar-refractivity contribution in [2.45, 2.75) is 6.92 Å². The van der Waals surface area contributed by atoms with E-state index in [1.54, 1.807) is 30.3 Å². The summed E-state index contributed by atoms with van der Waals surface area (Å²) in [5.41, 5.74) is 3.24. The molecule has 0 heterocycles. The van der Waals surface area contributed by atoms with Gasteiger partial charge in [-0.05, 0) is 48.9 Å². The number of benzene rings is 3. The normalized spacial score (nSPS) is 10.2. The third kappa shape index (κ3) is 5.11. The summed E-state index contributed by atoms with van der Waals surface area (Å²) in [4.78, 5) is 24.6. The Hall–Kier alpha value is -3.31. The van der Waals surface area contributed by atoms with Crippen LogP contribution < -0.4 is 10.6 Å². The van der Waals surface area contributed by atoms with E-state index in [0.29, 0.717) is 22.0 Å². The third-order valence-corrected chi connectivity index (χ3v) is 4.25. The van der Waals surface area contributed by atoms with E-state index in [4.69, 9.17) is 16.3 Å². The van der Waals surface area contributed by atoms with Crippen LogP contribution in [0.25, 0.3) is 0 Å². The van der Waals surface area contributed by atoms with E-state index in [-0.39, 0.29) is 0 Å². The fraction of sp³-hybridized carbons (Fsp3) is 0.0909. The number of hydrogen-bond acceptors (Lipinski definition) is 4. The number of ether oxygens (including phenoxy) is 1. The highest BCUT2D eigenvalue weighted by Gasteiger charge is 2.15. The minimum absolute atomic E-state index is 0.340.